The first-order chi connectivity index (χ1) is 15.9. The number of pyridine rings is 1. The first kappa shape index (κ1) is 20.5. The summed E-state index contributed by atoms with van der Waals surface area (Å²) in [6, 6.07) is 6.42. The molecule has 33 heavy (non-hydrogen) atoms. The van der Waals surface area contributed by atoms with Crippen LogP contribution in [0.5, 0.6) is 0 Å². The number of nitrogens with zero attached hydrogens (tertiary/aromatic N) is 5. The molecule has 4 heterocycles. The SMILES string of the molecule is Cc1nn(-c2c(Cl)cncc2Cl)c(=O)c2cnc(Nc3ccc4c(c3)CNCC43CC3)nc12. The van der Waals surface area contributed by atoms with Gasteiger partial charge in [0.1, 0.15) is 11.2 Å². The van der Waals surface area contributed by atoms with Gasteiger partial charge in [-0.25, -0.2) is 9.97 Å². The summed E-state index contributed by atoms with van der Waals surface area (Å²) in [5.74, 6) is 0.398. The summed E-state index contributed by atoms with van der Waals surface area (Å²) in [5.41, 5.74) is 4.86. The lowest BCUT2D eigenvalue weighted by Crippen LogP contribution is -2.33. The molecule has 2 N–H and O–H groups in total. The predicted octanol–water partition coefficient (Wildman–Crippen LogP) is 4.06. The first-order valence-electron chi connectivity index (χ1n) is 10.6. The summed E-state index contributed by atoms with van der Waals surface area (Å²) >= 11 is 12.5. The van der Waals surface area contributed by atoms with Gasteiger partial charge in [0.25, 0.3) is 5.56 Å². The molecule has 1 fully saturated rings. The minimum absolute atomic E-state index is 0.227. The molecule has 2 aliphatic rings. The average Bonchev–Trinajstić information content (AvgIpc) is 3.57. The summed E-state index contributed by atoms with van der Waals surface area (Å²) in [4.78, 5) is 26.0. The molecule has 1 spiro atoms. The zero-order valence-electron chi connectivity index (χ0n) is 17.7. The molecular formula is C23H19Cl2N7O. The monoisotopic (exact) mass is 479 g/mol. The maximum absolute atomic E-state index is 13.1. The molecule has 1 aromatic carbocycles. The van der Waals surface area contributed by atoms with Gasteiger partial charge in [0, 0.05) is 42.8 Å². The molecule has 0 atom stereocenters. The van der Waals surface area contributed by atoms with Gasteiger partial charge in [-0.15, -0.1) is 0 Å². The number of aryl methyl sites for hydroxylation is 1. The number of hydrogen-bond acceptors (Lipinski definition) is 7. The summed E-state index contributed by atoms with van der Waals surface area (Å²) < 4.78 is 1.17. The molecule has 0 bridgehead atoms. The standard InChI is InChI=1S/C23H19Cl2N7O/c1-12-19-15(21(33)32(31-12)20-17(24)9-26-10-18(20)25)8-28-22(30-19)29-14-2-3-16-13(6-14)7-27-11-23(16)4-5-23/h2-3,6,8-10,27H,4-5,7,11H2,1H3,(H,28,29,30). The van der Waals surface area contributed by atoms with Crippen LogP contribution in [0, 0.1) is 6.92 Å². The van der Waals surface area contributed by atoms with Crippen LogP contribution in [0.4, 0.5) is 11.6 Å². The Balaban J connectivity index is 1.38. The summed E-state index contributed by atoms with van der Waals surface area (Å²) in [6.45, 7) is 3.69. The van der Waals surface area contributed by atoms with Crippen LogP contribution in [0.3, 0.4) is 0 Å². The van der Waals surface area contributed by atoms with Crippen molar-refractivity contribution < 1.29 is 0 Å². The molecule has 8 nitrogen and oxygen atoms in total. The van der Waals surface area contributed by atoms with Crippen molar-refractivity contribution in [2.45, 2.75) is 31.7 Å². The van der Waals surface area contributed by atoms with Crippen molar-refractivity contribution in [2.24, 2.45) is 0 Å². The fourth-order valence-corrected chi connectivity index (χ4v) is 5.11. The minimum Gasteiger partial charge on any atom is -0.324 e. The van der Waals surface area contributed by atoms with Crippen LogP contribution in [-0.4, -0.2) is 31.3 Å². The van der Waals surface area contributed by atoms with E-state index in [2.05, 4.69) is 48.9 Å². The van der Waals surface area contributed by atoms with Gasteiger partial charge >= 0.3 is 0 Å². The zero-order valence-corrected chi connectivity index (χ0v) is 19.2. The summed E-state index contributed by atoms with van der Waals surface area (Å²) in [5, 5.41) is 12.0. The van der Waals surface area contributed by atoms with E-state index < -0.39 is 5.56 Å². The number of anilines is 2. The predicted molar refractivity (Wildman–Crippen MR) is 128 cm³/mol. The van der Waals surface area contributed by atoms with Crippen molar-refractivity contribution in [3.8, 4) is 5.69 Å². The first-order valence-corrected chi connectivity index (χ1v) is 11.4. The Morgan fingerprint density at radius 3 is 2.70 bits per heavy atom. The number of rotatable bonds is 3. The van der Waals surface area contributed by atoms with Crippen molar-refractivity contribution in [3.05, 3.63) is 74.0 Å². The van der Waals surface area contributed by atoms with Gasteiger partial charge in [0.15, 0.2) is 0 Å². The number of fused-ring (bicyclic) bond motifs is 3. The lowest BCUT2D eigenvalue weighted by Gasteiger charge is -2.26. The van der Waals surface area contributed by atoms with Gasteiger partial charge in [-0.2, -0.15) is 9.78 Å². The number of hydrogen-bond donors (Lipinski definition) is 2. The van der Waals surface area contributed by atoms with Gasteiger partial charge in [-0.3, -0.25) is 9.78 Å². The molecular weight excluding hydrogens is 461 g/mol. The molecule has 166 valence electrons. The Labute approximate surface area is 199 Å². The van der Waals surface area contributed by atoms with E-state index in [1.165, 1.54) is 47.2 Å². The maximum Gasteiger partial charge on any atom is 0.282 e. The molecule has 0 saturated heterocycles. The van der Waals surface area contributed by atoms with Crippen molar-refractivity contribution in [2.75, 3.05) is 11.9 Å². The smallest absolute Gasteiger partial charge is 0.282 e. The largest absolute Gasteiger partial charge is 0.324 e. The van der Waals surface area contributed by atoms with E-state index in [9.17, 15) is 4.79 Å². The Morgan fingerprint density at radius 2 is 1.94 bits per heavy atom. The van der Waals surface area contributed by atoms with Crippen LogP contribution in [0.2, 0.25) is 10.0 Å². The molecule has 0 radical (unpaired) electrons. The van der Waals surface area contributed by atoms with E-state index in [-0.39, 0.29) is 15.7 Å². The Morgan fingerprint density at radius 1 is 1.15 bits per heavy atom. The number of aromatic nitrogens is 5. The maximum atomic E-state index is 13.1. The van der Waals surface area contributed by atoms with Crippen LogP contribution in [0.1, 0.15) is 29.7 Å². The van der Waals surface area contributed by atoms with E-state index in [4.69, 9.17) is 23.2 Å². The highest BCUT2D eigenvalue weighted by molar-refractivity contribution is 6.37. The normalized spacial score (nSPS) is 16.1. The number of nitrogens with one attached hydrogen (secondary N) is 2. The molecule has 1 saturated carbocycles. The second-order valence-corrected chi connectivity index (χ2v) is 9.41. The van der Waals surface area contributed by atoms with E-state index in [1.807, 2.05) is 0 Å². The van der Waals surface area contributed by atoms with Crippen molar-refractivity contribution in [1.82, 2.24) is 30.0 Å². The fraction of sp³-hybridized carbons (Fsp3) is 0.261. The Bertz CT molecular complexity index is 1480. The topological polar surface area (TPSA) is 97.6 Å². The van der Waals surface area contributed by atoms with E-state index in [0.29, 0.717) is 28.0 Å². The Hall–Kier alpha value is -3.07. The second kappa shape index (κ2) is 7.48. The average molecular weight is 480 g/mol. The molecule has 1 aliphatic carbocycles. The van der Waals surface area contributed by atoms with Crippen LogP contribution in [0.15, 0.2) is 41.6 Å². The second-order valence-electron chi connectivity index (χ2n) is 8.59. The molecule has 1 aliphatic heterocycles. The van der Waals surface area contributed by atoms with E-state index in [1.54, 1.807) is 6.92 Å². The third kappa shape index (κ3) is 3.37. The fourth-order valence-electron chi connectivity index (χ4n) is 4.58. The third-order valence-electron chi connectivity index (χ3n) is 6.41. The minimum atomic E-state index is -0.410. The van der Waals surface area contributed by atoms with Gasteiger partial charge in [-0.1, -0.05) is 29.3 Å². The number of halogens is 2. The van der Waals surface area contributed by atoms with Gasteiger partial charge in [0.2, 0.25) is 5.95 Å². The van der Waals surface area contributed by atoms with Gasteiger partial charge in [-0.05, 0) is 43.0 Å². The van der Waals surface area contributed by atoms with Gasteiger partial charge in [0.05, 0.1) is 21.1 Å². The van der Waals surface area contributed by atoms with Crippen molar-refractivity contribution in [1.29, 1.82) is 0 Å². The highest BCUT2D eigenvalue weighted by atomic mass is 35.5. The quantitative estimate of drug-likeness (QED) is 0.456. The van der Waals surface area contributed by atoms with Crippen molar-refractivity contribution in [3.63, 3.8) is 0 Å². The number of benzene rings is 1. The highest BCUT2D eigenvalue weighted by Gasteiger charge is 2.46. The lowest BCUT2D eigenvalue weighted by atomic mass is 9.88. The molecule has 4 aromatic rings. The van der Waals surface area contributed by atoms with Gasteiger partial charge < -0.3 is 10.6 Å². The Kier molecular flexibility index (Phi) is 4.65. The van der Waals surface area contributed by atoms with E-state index >= 15 is 0 Å². The molecule has 10 heteroatoms. The molecule has 3 aromatic heterocycles. The molecule has 6 rings (SSSR count). The summed E-state index contributed by atoms with van der Waals surface area (Å²) in [7, 11) is 0. The van der Waals surface area contributed by atoms with Crippen LogP contribution >= 0.6 is 23.2 Å². The zero-order chi connectivity index (χ0) is 22.7. The van der Waals surface area contributed by atoms with Crippen molar-refractivity contribution >= 4 is 45.7 Å². The highest BCUT2D eigenvalue weighted by Crippen LogP contribution is 2.50. The van der Waals surface area contributed by atoms with Crippen LogP contribution < -0.4 is 16.2 Å². The van der Waals surface area contributed by atoms with Crippen LogP contribution in [0.25, 0.3) is 16.6 Å². The van der Waals surface area contributed by atoms with Crippen LogP contribution in [-0.2, 0) is 12.0 Å². The lowest BCUT2D eigenvalue weighted by molar-refractivity contribution is 0.531. The van der Waals surface area contributed by atoms with E-state index in [0.717, 1.165) is 18.8 Å². The third-order valence-corrected chi connectivity index (χ3v) is 6.96. The molecule has 0 amide bonds. The molecule has 0 unspecified atom stereocenters. The summed E-state index contributed by atoms with van der Waals surface area (Å²) in [6.07, 6.45) is 6.82.